The second kappa shape index (κ2) is 12.1. The monoisotopic (exact) mass is 469 g/mol. The molecule has 0 saturated heterocycles. The Balaban J connectivity index is 0.000000257. The number of aryl methyl sites for hydroxylation is 1. The SMILES string of the molecule is C[c-]1cccc1C1C=CC=C1.[Cl-].[Cl-].[Zr+2]=[C](c1ccccc1)c1ccccc1. The van der Waals surface area contributed by atoms with E-state index in [0.29, 0.717) is 5.92 Å². The van der Waals surface area contributed by atoms with E-state index < -0.39 is 0 Å². The Morgan fingerprint density at radius 1 is 0.741 bits per heavy atom. The molecule has 0 saturated carbocycles. The topological polar surface area (TPSA) is 0 Å². The number of rotatable bonds is 3. The van der Waals surface area contributed by atoms with Crippen LogP contribution in [0.5, 0.6) is 0 Å². The summed E-state index contributed by atoms with van der Waals surface area (Å²) in [5.74, 6) is 0.532. The van der Waals surface area contributed by atoms with Crippen molar-refractivity contribution in [2.75, 3.05) is 0 Å². The Hall–Kier alpha value is -1.40. The standard InChI is InChI=1S/C13H10.C11H11.2ClH.Zr/c1-3-7-12(8-4-1)11-13-9-5-2-6-10-13;1-9-5-4-8-11(9)10-6-2-3-7-10;;;/h1-10H;2-8,10H,1H3;2*1H;/q;-1;;;+2/p-2. The number of allylic oxidation sites excluding steroid dienone is 4. The van der Waals surface area contributed by atoms with Gasteiger partial charge in [0.1, 0.15) is 0 Å². The number of halogens is 2. The fourth-order valence-corrected chi connectivity index (χ4v) is 3.73. The first-order valence-electron chi connectivity index (χ1n) is 8.52. The third-order valence-electron chi connectivity index (χ3n) is 4.31. The van der Waals surface area contributed by atoms with Crippen LogP contribution in [0.3, 0.4) is 0 Å². The van der Waals surface area contributed by atoms with Crippen molar-refractivity contribution in [1.82, 2.24) is 0 Å². The molecule has 0 N–H and O–H groups in total. The van der Waals surface area contributed by atoms with E-state index in [-0.39, 0.29) is 24.8 Å². The molecule has 1 aliphatic carbocycles. The maximum absolute atomic E-state index is 2.22. The summed E-state index contributed by atoms with van der Waals surface area (Å²) in [4.78, 5) is 0. The normalized spacial score (nSPS) is 11.8. The molecule has 0 bridgehead atoms. The summed E-state index contributed by atoms with van der Waals surface area (Å²) in [6, 6.07) is 27.6. The van der Waals surface area contributed by atoms with Gasteiger partial charge in [-0.1, -0.05) is 31.2 Å². The van der Waals surface area contributed by atoms with E-state index in [0.717, 1.165) is 0 Å². The van der Waals surface area contributed by atoms with Crippen LogP contribution >= 0.6 is 0 Å². The van der Waals surface area contributed by atoms with Crippen molar-refractivity contribution in [2.24, 2.45) is 0 Å². The number of hydrogen-bond acceptors (Lipinski definition) is 0. The van der Waals surface area contributed by atoms with Crippen molar-refractivity contribution in [2.45, 2.75) is 12.8 Å². The zero-order valence-electron chi connectivity index (χ0n) is 15.1. The van der Waals surface area contributed by atoms with Gasteiger partial charge in [0.2, 0.25) is 0 Å². The molecule has 3 aromatic carbocycles. The van der Waals surface area contributed by atoms with Gasteiger partial charge in [-0.25, -0.2) is 12.1 Å². The fraction of sp³-hybridized carbons (Fsp3) is 0.0833. The quantitative estimate of drug-likeness (QED) is 0.462. The van der Waals surface area contributed by atoms with Crippen molar-refractivity contribution in [3.05, 3.63) is 125 Å². The number of hydrogen-bond donors (Lipinski definition) is 0. The second-order valence-corrected chi connectivity index (χ2v) is 7.30. The Kier molecular flexibility index (Phi) is 10.6. The molecule has 0 nitrogen and oxygen atoms in total. The molecule has 27 heavy (non-hydrogen) atoms. The molecule has 136 valence electrons. The predicted octanol–water partition coefficient (Wildman–Crippen LogP) is -0.266. The third-order valence-corrected chi connectivity index (χ3v) is 5.73. The summed E-state index contributed by atoms with van der Waals surface area (Å²) in [7, 11) is 0. The van der Waals surface area contributed by atoms with E-state index in [4.69, 9.17) is 0 Å². The van der Waals surface area contributed by atoms with Crippen molar-refractivity contribution in [3.63, 3.8) is 0 Å². The van der Waals surface area contributed by atoms with E-state index in [9.17, 15) is 0 Å². The van der Waals surface area contributed by atoms with Crippen LogP contribution in [0.15, 0.2) is 103 Å². The summed E-state index contributed by atoms with van der Waals surface area (Å²) in [5.41, 5.74) is 5.50. The molecule has 0 aromatic heterocycles. The third kappa shape index (κ3) is 6.61. The van der Waals surface area contributed by atoms with Gasteiger partial charge < -0.3 is 24.8 Å². The molecular formula is C24H21Cl2Zr-. The van der Waals surface area contributed by atoms with Gasteiger partial charge in [0.05, 0.1) is 0 Å². The van der Waals surface area contributed by atoms with Crippen molar-refractivity contribution < 1.29 is 49.0 Å². The van der Waals surface area contributed by atoms with Crippen LogP contribution < -0.4 is 24.8 Å². The minimum atomic E-state index is 0. The van der Waals surface area contributed by atoms with Gasteiger partial charge in [-0.05, 0) is 5.92 Å². The molecule has 4 rings (SSSR count). The van der Waals surface area contributed by atoms with E-state index >= 15 is 0 Å². The van der Waals surface area contributed by atoms with Crippen LogP contribution in [-0.2, 0) is 24.2 Å². The Morgan fingerprint density at radius 3 is 1.63 bits per heavy atom. The van der Waals surface area contributed by atoms with Gasteiger partial charge in [0, 0.05) is 0 Å². The van der Waals surface area contributed by atoms with Crippen molar-refractivity contribution in [3.8, 4) is 0 Å². The van der Waals surface area contributed by atoms with Crippen LogP contribution in [-0.4, -0.2) is 3.21 Å². The van der Waals surface area contributed by atoms with E-state index in [1.807, 2.05) is 0 Å². The molecule has 0 spiro atoms. The molecule has 0 radical (unpaired) electrons. The summed E-state index contributed by atoms with van der Waals surface area (Å²) in [5, 5.41) is 0. The van der Waals surface area contributed by atoms with Crippen LogP contribution in [0.1, 0.15) is 28.2 Å². The van der Waals surface area contributed by atoms with E-state index in [1.54, 1.807) is 0 Å². The molecule has 0 fully saturated rings. The molecule has 1 aliphatic rings. The molecule has 0 aliphatic heterocycles. The molecule has 0 atom stereocenters. The molecule has 3 aromatic rings. The molecular weight excluding hydrogens is 450 g/mol. The van der Waals surface area contributed by atoms with E-state index in [2.05, 4.69) is 110 Å². The zero-order chi connectivity index (χ0) is 17.5. The second-order valence-electron chi connectivity index (χ2n) is 6.07. The van der Waals surface area contributed by atoms with Crippen molar-refractivity contribution >= 4 is 3.21 Å². The Morgan fingerprint density at radius 2 is 1.22 bits per heavy atom. The summed E-state index contributed by atoms with van der Waals surface area (Å²) in [6.45, 7) is 2.16. The van der Waals surface area contributed by atoms with Gasteiger partial charge in [-0.2, -0.15) is 17.2 Å². The van der Waals surface area contributed by atoms with Gasteiger partial charge in [-0.15, -0.1) is 0 Å². The van der Waals surface area contributed by atoms with E-state index in [1.165, 1.54) is 49.7 Å². The van der Waals surface area contributed by atoms with Gasteiger partial charge in [0.15, 0.2) is 0 Å². The summed E-state index contributed by atoms with van der Waals surface area (Å²) in [6.07, 6.45) is 8.67. The van der Waals surface area contributed by atoms with Crippen LogP contribution in [0.2, 0.25) is 0 Å². The Bertz CT molecular complexity index is 824. The van der Waals surface area contributed by atoms with Gasteiger partial charge in [-0.3, -0.25) is 0 Å². The van der Waals surface area contributed by atoms with Crippen molar-refractivity contribution in [1.29, 1.82) is 0 Å². The summed E-state index contributed by atoms with van der Waals surface area (Å²) >= 11 is 1.46. The van der Waals surface area contributed by atoms with Crippen LogP contribution in [0, 0.1) is 6.92 Å². The first kappa shape index (κ1) is 23.6. The number of benzene rings is 2. The van der Waals surface area contributed by atoms with Gasteiger partial charge >= 0.3 is 99.2 Å². The first-order valence-corrected chi connectivity index (χ1v) is 9.75. The summed E-state index contributed by atoms with van der Waals surface area (Å²) < 4.78 is 1.42. The maximum atomic E-state index is 2.22. The molecule has 3 heteroatoms. The Labute approximate surface area is 189 Å². The predicted molar refractivity (Wildman–Crippen MR) is 104 cm³/mol. The van der Waals surface area contributed by atoms with Gasteiger partial charge in [0.25, 0.3) is 0 Å². The first-order chi connectivity index (χ1) is 12.3. The van der Waals surface area contributed by atoms with Crippen LogP contribution in [0.4, 0.5) is 0 Å². The molecule has 0 heterocycles. The zero-order valence-corrected chi connectivity index (χ0v) is 19.1. The average molecular weight is 472 g/mol. The fourth-order valence-electron chi connectivity index (χ4n) is 2.91. The minimum absolute atomic E-state index is 0. The average Bonchev–Trinajstić information content (AvgIpc) is 3.34. The van der Waals surface area contributed by atoms with Crippen LogP contribution in [0.25, 0.3) is 0 Å². The molecule has 0 amide bonds. The molecule has 0 unspecified atom stereocenters.